The van der Waals surface area contributed by atoms with E-state index in [0.717, 1.165) is 5.69 Å². The Labute approximate surface area is 162 Å². The molecular formula is C19H19ClN4O3. The largest absolute Gasteiger partial charge is 0.387 e. The second-order valence-corrected chi connectivity index (χ2v) is 6.40. The number of anilines is 2. The molecule has 0 aliphatic carbocycles. The molecule has 3 N–H and O–H groups in total. The Morgan fingerprint density at radius 2 is 1.85 bits per heavy atom. The molecule has 0 aliphatic rings. The van der Waals surface area contributed by atoms with E-state index >= 15 is 0 Å². The third kappa shape index (κ3) is 5.45. The van der Waals surface area contributed by atoms with Gasteiger partial charge in [-0.2, -0.15) is 5.26 Å². The van der Waals surface area contributed by atoms with Gasteiger partial charge in [0, 0.05) is 31.4 Å². The predicted molar refractivity (Wildman–Crippen MR) is 104 cm³/mol. The highest BCUT2D eigenvalue weighted by Gasteiger charge is 2.17. The van der Waals surface area contributed by atoms with Crippen LogP contribution < -0.4 is 15.5 Å². The number of halogens is 1. The summed E-state index contributed by atoms with van der Waals surface area (Å²) in [5, 5.41) is 24.2. The van der Waals surface area contributed by atoms with Crippen LogP contribution in [0.5, 0.6) is 0 Å². The van der Waals surface area contributed by atoms with Gasteiger partial charge in [-0.25, -0.2) is 0 Å². The number of nitrogens with zero attached hydrogens (tertiary/aromatic N) is 2. The van der Waals surface area contributed by atoms with E-state index in [9.17, 15) is 14.7 Å². The molecule has 0 aromatic heterocycles. The van der Waals surface area contributed by atoms with Crippen LogP contribution in [-0.4, -0.2) is 37.6 Å². The Bertz CT molecular complexity index is 876. The van der Waals surface area contributed by atoms with Crippen LogP contribution in [0.25, 0.3) is 0 Å². The summed E-state index contributed by atoms with van der Waals surface area (Å²) < 4.78 is 0. The second kappa shape index (κ2) is 9.03. The summed E-state index contributed by atoms with van der Waals surface area (Å²) in [6.45, 7) is -0.131. The number of amides is 2. The third-order valence-corrected chi connectivity index (χ3v) is 4.04. The van der Waals surface area contributed by atoms with Crippen molar-refractivity contribution in [1.82, 2.24) is 5.32 Å². The van der Waals surface area contributed by atoms with Crippen molar-refractivity contribution in [3.8, 4) is 6.07 Å². The smallest absolute Gasteiger partial charge is 0.313 e. The Kier molecular flexibility index (Phi) is 6.77. The molecule has 27 heavy (non-hydrogen) atoms. The van der Waals surface area contributed by atoms with Gasteiger partial charge >= 0.3 is 11.8 Å². The van der Waals surface area contributed by atoms with Gasteiger partial charge in [0.25, 0.3) is 0 Å². The number of nitrogens with one attached hydrogen (secondary N) is 2. The highest BCUT2D eigenvalue weighted by Crippen LogP contribution is 2.20. The van der Waals surface area contributed by atoms with Crippen molar-refractivity contribution in [3.05, 3.63) is 58.6 Å². The maximum absolute atomic E-state index is 12.0. The van der Waals surface area contributed by atoms with Gasteiger partial charge < -0.3 is 20.6 Å². The number of hydrogen-bond acceptors (Lipinski definition) is 5. The molecule has 0 heterocycles. The lowest BCUT2D eigenvalue weighted by atomic mass is 10.1. The predicted octanol–water partition coefficient (Wildman–Crippen LogP) is 2.07. The molecule has 0 fully saturated rings. The van der Waals surface area contributed by atoms with Gasteiger partial charge in [0.05, 0.1) is 17.4 Å². The Hall–Kier alpha value is -3.08. The molecule has 140 valence electrons. The van der Waals surface area contributed by atoms with E-state index in [1.807, 2.05) is 37.2 Å². The van der Waals surface area contributed by atoms with Crippen LogP contribution in [0.3, 0.4) is 0 Å². The van der Waals surface area contributed by atoms with Gasteiger partial charge in [-0.05, 0) is 35.9 Å². The summed E-state index contributed by atoms with van der Waals surface area (Å²) in [5.41, 5.74) is 1.92. The Morgan fingerprint density at radius 3 is 2.44 bits per heavy atom. The molecule has 2 amide bonds. The summed E-state index contributed by atoms with van der Waals surface area (Å²) in [7, 11) is 3.81. The molecule has 0 aliphatic heterocycles. The molecule has 0 bridgehead atoms. The van der Waals surface area contributed by atoms with Crippen LogP contribution in [0, 0.1) is 11.3 Å². The fourth-order valence-electron chi connectivity index (χ4n) is 2.28. The highest BCUT2D eigenvalue weighted by atomic mass is 35.5. The molecule has 2 aromatic rings. The van der Waals surface area contributed by atoms with Crippen LogP contribution in [0.2, 0.25) is 5.02 Å². The van der Waals surface area contributed by atoms with Crippen molar-refractivity contribution in [2.24, 2.45) is 0 Å². The molecule has 1 atom stereocenters. The molecule has 8 heteroatoms. The third-order valence-electron chi connectivity index (χ3n) is 3.81. The molecule has 2 aromatic carbocycles. The summed E-state index contributed by atoms with van der Waals surface area (Å²) in [6.07, 6.45) is -0.959. The number of rotatable bonds is 5. The van der Waals surface area contributed by atoms with Crippen molar-refractivity contribution in [2.75, 3.05) is 30.9 Å². The fourth-order valence-corrected chi connectivity index (χ4v) is 2.45. The summed E-state index contributed by atoms with van der Waals surface area (Å²) in [4.78, 5) is 25.9. The second-order valence-electron chi connectivity index (χ2n) is 5.97. The lowest BCUT2D eigenvalue weighted by Gasteiger charge is -2.15. The number of hydrogen-bond donors (Lipinski definition) is 3. The zero-order valence-corrected chi connectivity index (χ0v) is 15.6. The first-order valence-electron chi connectivity index (χ1n) is 8.06. The minimum atomic E-state index is -0.959. The van der Waals surface area contributed by atoms with Crippen molar-refractivity contribution < 1.29 is 14.7 Å². The van der Waals surface area contributed by atoms with E-state index < -0.39 is 17.9 Å². The Balaban J connectivity index is 1.94. The topological polar surface area (TPSA) is 105 Å². The van der Waals surface area contributed by atoms with Gasteiger partial charge in [0.2, 0.25) is 0 Å². The van der Waals surface area contributed by atoms with E-state index in [0.29, 0.717) is 10.6 Å². The number of aliphatic hydroxyl groups is 1. The van der Waals surface area contributed by atoms with Gasteiger partial charge in [0.15, 0.2) is 0 Å². The lowest BCUT2D eigenvalue weighted by molar-refractivity contribution is -0.136. The van der Waals surface area contributed by atoms with E-state index in [4.69, 9.17) is 16.9 Å². The zero-order valence-electron chi connectivity index (χ0n) is 14.9. The minimum Gasteiger partial charge on any atom is -0.387 e. The average Bonchev–Trinajstić information content (AvgIpc) is 2.66. The normalized spacial score (nSPS) is 11.2. The van der Waals surface area contributed by atoms with Crippen molar-refractivity contribution in [1.29, 1.82) is 5.26 Å². The first-order valence-corrected chi connectivity index (χ1v) is 8.43. The number of carbonyl (C=O) groups excluding carboxylic acids is 2. The first kappa shape index (κ1) is 20.2. The molecular weight excluding hydrogens is 368 g/mol. The van der Waals surface area contributed by atoms with E-state index in [2.05, 4.69) is 10.6 Å². The van der Waals surface area contributed by atoms with Crippen molar-refractivity contribution in [2.45, 2.75) is 6.10 Å². The van der Waals surface area contributed by atoms with Gasteiger partial charge in [-0.15, -0.1) is 0 Å². The molecule has 0 unspecified atom stereocenters. The van der Waals surface area contributed by atoms with Crippen molar-refractivity contribution >= 4 is 34.8 Å². The van der Waals surface area contributed by atoms with E-state index in [1.54, 1.807) is 12.1 Å². The maximum atomic E-state index is 12.0. The molecule has 7 nitrogen and oxygen atoms in total. The van der Waals surface area contributed by atoms with Gasteiger partial charge in [-0.3, -0.25) is 9.59 Å². The standard InChI is InChI=1S/C19H19ClN4O3/c1-24(2)15-7-4-12(5-8-15)17(25)11-22-18(26)19(27)23-16-9-14(20)6-3-13(16)10-21/h3-9,17,25H,11H2,1-2H3,(H,22,26)(H,23,27)/t17-/m0/s1. The number of carbonyl (C=O) groups is 2. The van der Waals surface area contributed by atoms with Crippen LogP contribution >= 0.6 is 11.6 Å². The van der Waals surface area contributed by atoms with E-state index in [-0.39, 0.29) is 17.8 Å². The zero-order chi connectivity index (χ0) is 20.0. The quantitative estimate of drug-likeness (QED) is 0.682. The highest BCUT2D eigenvalue weighted by molar-refractivity contribution is 6.40. The Morgan fingerprint density at radius 1 is 1.19 bits per heavy atom. The van der Waals surface area contributed by atoms with Gasteiger partial charge in [-0.1, -0.05) is 23.7 Å². The maximum Gasteiger partial charge on any atom is 0.313 e. The van der Waals surface area contributed by atoms with Crippen LogP contribution in [-0.2, 0) is 9.59 Å². The fraction of sp³-hybridized carbons (Fsp3) is 0.211. The molecule has 0 spiro atoms. The molecule has 0 saturated heterocycles. The van der Waals surface area contributed by atoms with E-state index in [1.165, 1.54) is 18.2 Å². The SMILES string of the molecule is CN(C)c1ccc([C@@H](O)CNC(=O)C(=O)Nc2cc(Cl)ccc2C#N)cc1. The molecule has 2 rings (SSSR count). The van der Waals surface area contributed by atoms with Gasteiger partial charge in [0.1, 0.15) is 6.07 Å². The first-order chi connectivity index (χ1) is 12.8. The minimum absolute atomic E-state index is 0.131. The summed E-state index contributed by atoms with van der Waals surface area (Å²) >= 11 is 5.84. The molecule has 0 radical (unpaired) electrons. The summed E-state index contributed by atoms with van der Waals surface area (Å²) in [6, 6.07) is 13.4. The number of aliphatic hydroxyl groups excluding tert-OH is 1. The summed E-state index contributed by atoms with van der Waals surface area (Å²) in [5.74, 6) is -1.88. The number of benzene rings is 2. The van der Waals surface area contributed by atoms with Crippen LogP contribution in [0.1, 0.15) is 17.2 Å². The van der Waals surface area contributed by atoms with Crippen molar-refractivity contribution in [3.63, 3.8) is 0 Å². The monoisotopic (exact) mass is 386 g/mol. The lowest BCUT2D eigenvalue weighted by Crippen LogP contribution is -2.37. The number of nitriles is 1. The average molecular weight is 387 g/mol. The van der Waals surface area contributed by atoms with Crippen LogP contribution in [0.4, 0.5) is 11.4 Å². The molecule has 0 saturated carbocycles. The van der Waals surface area contributed by atoms with Crippen LogP contribution in [0.15, 0.2) is 42.5 Å².